The highest BCUT2D eigenvalue weighted by Crippen LogP contribution is 2.42. The van der Waals surface area contributed by atoms with Crippen molar-refractivity contribution in [2.75, 3.05) is 5.32 Å². The predicted molar refractivity (Wildman–Crippen MR) is 114 cm³/mol. The van der Waals surface area contributed by atoms with Crippen molar-refractivity contribution in [3.05, 3.63) is 42.2 Å². The summed E-state index contributed by atoms with van der Waals surface area (Å²) in [5.74, 6) is 6.47. The van der Waals surface area contributed by atoms with Crippen LogP contribution >= 0.6 is 0 Å². The number of carbonyl (C=O) groups excluding carboxylic acids is 1. The number of fused-ring (bicyclic) bond motifs is 4. The van der Waals surface area contributed by atoms with Crippen LogP contribution in [0.25, 0.3) is 11.0 Å². The molecule has 1 atom stereocenters. The number of carbonyl (C=O) groups is 1. The number of hydrogen-bond acceptors (Lipinski definition) is 6. The Morgan fingerprint density at radius 3 is 2.57 bits per heavy atom. The maximum Gasteiger partial charge on any atom is 0.263 e. The van der Waals surface area contributed by atoms with E-state index in [4.69, 9.17) is 16.0 Å². The van der Waals surface area contributed by atoms with Gasteiger partial charge in [0, 0.05) is 23.0 Å². The molecule has 1 unspecified atom stereocenters. The van der Waals surface area contributed by atoms with Gasteiger partial charge in [-0.25, -0.2) is 20.2 Å². The van der Waals surface area contributed by atoms with Crippen molar-refractivity contribution in [3.8, 4) is 0 Å². The van der Waals surface area contributed by atoms with Crippen LogP contribution in [-0.2, 0) is 27.9 Å². The summed E-state index contributed by atoms with van der Waals surface area (Å²) in [4.78, 5) is 22.9. The van der Waals surface area contributed by atoms with E-state index >= 15 is 0 Å². The number of rotatable bonds is 3. The predicted octanol–water partition coefficient (Wildman–Crippen LogP) is 2.03. The lowest BCUT2D eigenvalue weighted by Crippen LogP contribution is -2.58. The van der Waals surface area contributed by atoms with Crippen molar-refractivity contribution in [1.82, 2.24) is 19.5 Å². The molecular weight excluding hydrogens is 402 g/mol. The Labute approximate surface area is 176 Å². The molecule has 5 N–H and O–H groups in total. The van der Waals surface area contributed by atoms with Crippen LogP contribution in [0.2, 0.25) is 0 Å². The molecule has 1 fully saturated rings. The minimum Gasteiger partial charge on any atom is -0.324 e. The molecule has 9 nitrogen and oxygen atoms in total. The first-order valence-electron chi connectivity index (χ1n) is 9.96. The first-order valence-corrected chi connectivity index (χ1v) is 11.2. The molecule has 0 radical (unpaired) electrons. The number of amides is 1. The maximum atomic E-state index is 13.2. The van der Waals surface area contributed by atoms with E-state index in [9.17, 15) is 9.00 Å². The van der Waals surface area contributed by atoms with Crippen molar-refractivity contribution in [2.45, 2.75) is 49.1 Å². The van der Waals surface area contributed by atoms with Gasteiger partial charge in [-0.1, -0.05) is 19.3 Å². The smallest absolute Gasteiger partial charge is 0.263 e. The lowest BCUT2D eigenvalue weighted by molar-refractivity contribution is -0.146. The average molecular weight is 426 g/mol. The Morgan fingerprint density at radius 2 is 1.87 bits per heavy atom. The van der Waals surface area contributed by atoms with Gasteiger partial charge in [0.05, 0.1) is 11.4 Å². The van der Waals surface area contributed by atoms with E-state index in [2.05, 4.69) is 14.9 Å². The Balaban J connectivity index is 1.57. The third-order valence-electron chi connectivity index (χ3n) is 6.06. The highest BCUT2D eigenvalue weighted by atomic mass is 32.2. The van der Waals surface area contributed by atoms with Crippen LogP contribution in [0.4, 0.5) is 11.6 Å². The number of nitrogens with two attached hydrogens (primary N) is 2. The van der Waals surface area contributed by atoms with E-state index < -0.39 is 16.5 Å². The topological polar surface area (TPSA) is 132 Å². The molecule has 5 rings (SSSR count). The Hall–Kier alpha value is -2.82. The minimum atomic E-state index is -1.52. The summed E-state index contributed by atoms with van der Waals surface area (Å²) in [7, 11) is -1.52. The van der Waals surface area contributed by atoms with Gasteiger partial charge in [-0.2, -0.15) is 4.98 Å². The van der Waals surface area contributed by atoms with Gasteiger partial charge < -0.3 is 9.88 Å². The van der Waals surface area contributed by atoms with Crippen LogP contribution in [0.1, 0.15) is 37.8 Å². The number of benzene rings is 1. The van der Waals surface area contributed by atoms with Gasteiger partial charge in [-0.3, -0.25) is 9.80 Å². The van der Waals surface area contributed by atoms with Gasteiger partial charge in [0.15, 0.2) is 0 Å². The monoisotopic (exact) mass is 425 g/mol. The van der Waals surface area contributed by atoms with E-state index in [0.29, 0.717) is 17.4 Å². The van der Waals surface area contributed by atoms with Crippen molar-refractivity contribution >= 4 is 39.6 Å². The van der Waals surface area contributed by atoms with E-state index in [0.717, 1.165) is 54.5 Å². The molecule has 1 saturated carbocycles. The third kappa shape index (κ3) is 2.99. The Morgan fingerprint density at radius 1 is 1.13 bits per heavy atom. The standard InChI is InChI=1S/C20H23N7O2S/c21-26-12-15-10-13-11-23-19(24-14-4-6-16(7-5-14)30(22)29)25-17(13)27(15)20(18(26)28)8-2-1-3-9-20/h4-7,10-11H,1-3,8-9,12,21-22H2,(H,23,24,25). The van der Waals surface area contributed by atoms with Crippen molar-refractivity contribution in [2.24, 2.45) is 11.0 Å². The summed E-state index contributed by atoms with van der Waals surface area (Å²) in [6, 6.07) is 8.97. The summed E-state index contributed by atoms with van der Waals surface area (Å²) < 4.78 is 13.5. The SMILES string of the molecule is NN1Cc2cc3cnc(Nc4ccc(S(N)=O)cc4)nc3n2C2(CCCCC2)C1=O. The molecule has 3 heterocycles. The summed E-state index contributed by atoms with van der Waals surface area (Å²) in [6.07, 6.45) is 6.40. The van der Waals surface area contributed by atoms with Gasteiger partial charge in [0.25, 0.3) is 5.91 Å². The fraction of sp³-hybridized carbons (Fsp3) is 0.350. The van der Waals surface area contributed by atoms with Crippen molar-refractivity contribution < 1.29 is 9.00 Å². The molecule has 2 aliphatic rings. The van der Waals surface area contributed by atoms with E-state index in [1.165, 1.54) is 5.01 Å². The number of nitrogens with zero attached hydrogens (tertiary/aromatic N) is 4. The van der Waals surface area contributed by atoms with Crippen LogP contribution < -0.4 is 16.3 Å². The van der Waals surface area contributed by atoms with Gasteiger partial charge in [-0.15, -0.1) is 0 Å². The Kier molecular flexibility index (Phi) is 4.57. The number of anilines is 2. The zero-order valence-electron chi connectivity index (χ0n) is 16.4. The zero-order chi connectivity index (χ0) is 20.9. The zero-order valence-corrected chi connectivity index (χ0v) is 17.2. The van der Waals surface area contributed by atoms with Gasteiger partial charge >= 0.3 is 0 Å². The molecule has 10 heteroatoms. The summed E-state index contributed by atoms with van der Waals surface area (Å²) in [5, 5.41) is 10.8. The molecule has 0 bridgehead atoms. The number of aromatic nitrogens is 3. The Bertz CT molecular complexity index is 1150. The van der Waals surface area contributed by atoms with Crippen LogP contribution in [-0.4, -0.2) is 29.7 Å². The minimum absolute atomic E-state index is 0.0364. The molecule has 0 saturated heterocycles. The van der Waals surface area contributed by atoms with Gasteiger partial charge in [0.1, 0.15) is 22.2 Å². The number of hydrogen-bond donors (Lipinski definition) is 3. The molecule has 3 aromatic rings. The van der Waals surface area contributed by atoms with Crippen LogP contribution in [0.15, 0.2) is 41.4 Å². The van der Waals surface area contributed by atoms with Crippen LogP contribution in [0.5, 0.6) is 0 Å². The fourth-order valence-corrected chi connectivity index (χ4v) is 5.09. The van der Waals surface area contributed by atoms with E-state index in [1.54, 1.807) is 30.5 Å². The maximum absolute atomic E-state index is 13.2. The van der Waals surface area contributed by atoms with E-state index in [-0.39, 0.29) is 5.91 Å². The third-order valence-corrected chi connectivity index (χ3v) is 6.80. The molecular formula is C20H23N7O2S. The molecule has 30 heavy (non-hydrogen) atoms. The summed E-state index contributed by atoms with van der Waals surface area (Å²) in [5.41, 5.74) is 1.81. The second kappa shape index (κ2) is 7.15. The molecule has 1 spiro atoms. The molecule has 2 aromatic heterocycles. The lowest BCUT2D eigenvalue weighted by atomic mass is 9.79. The highest BCUT2D eigenvalue weighted by molar-refractivity contribution is 7.82. The fourth-order valence-electron chi connectivity index (χ4n) is 4.68. The van der Waals surface area contributed by atoms with Gasteiger partial charge in [0.2, 0.25) is 5.95 Å². The van der Waals surface area contributed by atoms with Crippen molar-refractivity contribution in [3.63, 3.8) is 0 Å². The molecule has 156 valence electrons. The highest BCUT2D eigenvalue weighted by Gasteiger charge is 2.48. The number of hydrazine groups is 1. The first kappa shape index (κ1) is 19.2. The molecule has 1 aliphatic carbocycles. The quantitative estimate of drug-likeness (QED) is 0.434. The van der Waals surface area contributed by atoms with Crippen LogP contribution in [0.3, 0.4) is 0 Å². The molecule has 1 aliphatic heterocycles. The normalized spacial score (nSPS) is 19.1. The van der Waals surface area contributed by atoms with Gasteiger partial charge in [-0.05, 0) is 43.2 Å². The van der Waals surface area contributed by atoms with Crippen molar-refractivity contribution in [1.29, 1.82) is 0 Å². The second-order valence-corrected chi connectivity index (χ2v) is 8.98. The van der Waals surface area contributed by atoms with Crippen LogP contribution in [0, 0.1) is 0 Å². The number of nitrogens with one attached hydrogen (secondary N) is 1. The first-order chi connectivity index (χ1) is 14.5. The lowest BCUT2D eigenvalue weighted by Gasteiger charge is -2.44. The van der Waals surface area contributed by atoms with E-state index in [1.807, 2.05) is 6.07 Å². The summed E-state index contributed by atoms with van der Waals surface area (Å²) >= 11 is 0. The second-order valence-electron chi connectivity index (χ2n) is 7.92. The average Bonchev–Trinajstić information content (AvgIpc) is 3.11. The largest absolute Gasteiger partial charge is 0.324 e. The molecule has 1 amide bonds. The summed E-state index contributed by atoms with van der Waals surface area (Å²) in [6.45, 7) is 0.359. The molecule has 1 aromatic carbocycles.